The third-order valence-corrected chi connectivity index (χ3v) is 9.24. The number of hydrogen-bond acceptors (Lipinski definition) is 2. The van der Waals surface area contributed by atoms with Crippen LogP contribution in [0.15, 0.2) is 12.2 Å². The van der Waals surface area contributed by atoms with Crippen LogP contribution in [0.4, 0.5) is 0 Å². The summed E-state index contributed by atoms with van der Waals surface area (Å²) >= 11 is -1.45. The van der Waals surface area contributed by atoms with Crippen LogP contribution >= 0.6 is 0 Å². The predicted octanol–water partition coefficient (Wildman–Crippen LogP) is 1.93. The zero-order valence-corrected chi connectivity index (χ0v) is 11.0. The van der Waals surface area contributed by atoms with Crippen LogP contribution in [0.3, 0.4) is 0 Å². The van der Waals surface area contributed by atoms with Crippen molar-refractivity contribution in [3.8, 4) is 0 Å². The van der Waals surface area contributed by atoms with Gasteiger partial charge in [-0.3, -0.25) is 0 Å². The molecule has 0 aromatic heterocycles. The van der Waals surface area contributed by atoms with Crippen molar-refractivity contribution in [3.05, 3.63) is 12.2 Å². The number of hydrogen-bond donors (Lipinski definition) is 0. The summed E-state index contributed by atoms with van der Waals surface area (Å²) in [6.07, 6.45) is 5.71. The molecule has 0 aromatic rings. The summed E-state index contributed by atoms with van der Waals surface area (Å²) in [7, 11) is 0. The van der Waals surface area contributed by atoms with E-state index in [9.17, 15) is 4.79 Å². The monoisotopic (exact) mass is 270 g/mol. The van der Waals surface area contributed by atoms with Gasteiger partial charge >= 0.3 is 81.6 Å². The van der Waals surface area contributed by atoms with E-state index in [1.165, 1.54) is 4.18 Å². The molecular formula is C9H15InO2. The molecule has 12 heavy (non-hydrogen) atoms. The first-order valence-electron chi connectivity index (χ1n) is 4.60. The quantitative estimate of drug-likeness (QED) is 0.578. The number of allylic oxidation sites excluding steroid dienone is 1. The van der Waals surface area contributed by atoms with Gasteiger partial charge in [0.05, 0.1) is 0 Å². The van der Waals surface area contributed by atoms with Crippen LogP contribution in [0, 0.1) is 0 Å². The summed E-state index contributed by atoms with van der Waals surface area (Å²) in [5, 5.41) is 0. The maximum absolute atomic E-state index is 11.1. The molecule has 1 heterocycles. The molecule has 0 bridgehead atoms. The molecule has 1 aliphatic rings. The van der Waals surface area contributed by atoms with E-state index in [1.807, 2.05) is 6.92 Å². The molecule has 0 saturated carbocycles. The van der Waals surface area contributed by atoms with Gasteiger partial charge in [0, 0.05) is 0 Å². The second kappa shape index (κ2) is 4.95. The van der Waals surface area contributed by atoms with Crippen LogP contribution in [0.25, 0.3) is 0 Å². The van der Waals surface area contributed by atoms with Gasteiger partial charge in [0.25, 0.3) is 0 Å². The molecule has 0 spiro atoms. The van der Waals surface area contributed by atoms with E-state index in [1.54, 1.807) is 0 Å². The van der Waals surface area contributed by atoms with Crippen molar-refractivity contribution in [3.63, 3.8) is 0 Å². The average Bonchev–Trinajstić information content (AvgIpc) is 2.37. The molecule has 0 saturated heterocycles. The zero-order valence-electron chi connectivity index (χ0n) is 7.75. The van der Waals surface area contributed by atoms with Crippen molar-refractivity contribution in [1.29, 1.82) is 0 Å². The number of carbonyl (C=O) groups excluding carboxylic acids is 1. The van der Waals surface area contributed by atoms with Gasteiger partial charge in [0.1, 0.15) is 0 Å². The first kappa shape index (κ1) is 10.2. The molecule has 0 radical (unpaired) electrons. The minimum atomic E-state index is -1.45. The van der Waals surface area contributed by atoms with Gasteiger partial charge in [0.15, 0.2) is 0 Å². The van der Waals surface area contributed by atoms with Gasteiger partial charge < -0.3 is 0 Å². The molecule has 1 unspecified atom stereocenters. The average molecular weight is 270 g/mol. The molecule has 0 aromatic carbocycles. The second-order valence-corrected chi connectivity index (χ2v) is 12.1. The molecule has 0 amide bonds. The second-order valence-electron chi connectivity index (χ2n) is 3.35. The Hall–Kier alpha value is 0.0801. The molecule has 3 heteroatoms. The molecule has 66 valence electrons. The fourth-order valence-electron chi connectivity index (χ4n) is 1.32. The van der Waals surface area contributed by atoms with Gasteiger partial charge in [-0.2, -0.15) is 0 Å². The number of carbonyl (C=O) groups is 1. The molecule has 0 N–H and O–H groups in total. The Morgan fingerprint density at radius 3 is 3.00 bits per heavy atom. The summed E-state index contributed by atoms with van der Waals surface area (Å²) < 4.78 is 9.13. The Balaban J connectivity index is 2.30. The van der Waals surface area contributed by atoms with E-state index in [2.05, 4.69) is 16.8 Å². The van der Waals surface area contributed by atoms with Gasteiger partial charge in [-0.25, -0.2) is 0 Å². The van der Waals surface area contributed by atoms with E-state index < -0.39 is 21.4 Å². The Bertz CT molecular complexity index is 189. The first-order chi connectivity index (χ1) is 5.74. The molecule has 1 rings (SSSR count). The summed E-state index contributed by atoms with van der Waals surface area (Å²) in [5.74, 6) is -0.0161. The fourth-order valence-corrected chi connectivity index (χ4v) is 6.39. The number of esters is 1. The van der Waals surface area contributed by atoms with Crippen molar-refractivity contribution in [1.82, 2.24) is 0 Å². The molecule has 1 aliphatic heterocycles. The molecule has 2 nitrogen and oxygen atoms in total. The topological polar surface area (TPSA) is 26.3 Å². The third kappa shape index (κ3) is 2.85. The normalized spacial score (nSPS) is 21.5. The molecular weight excluding hydrogens is 255 g/mol. The SMILES string of the molecule is CCCC(=O)O[CH]1C=C[CH2][In]1[CH3]. The van der Waals surface area contributed by atoms with E-state index in [0.29, 0.717) is 6.42 Å². The first-order valence-corrected chi connectivity index (χ1v) is 12.1. The fraction of sp³-hybridized carbons (Fsp3) is 0.667. The standard InChI is InChI=1S/C8H12O2.CH3.In/c1-3-5-7-10-8(9)6-4-2;;/h3,5,7H,1,4,6H2,2H3;1H3;. The Kier molecular flexibility index (Phi) is 4.19. The Labute approximate surface area is 81.5 Å². The Morgan fingerprint density at radius 1 is 1.75 bits per heavy atom. The molecule has 0 fully saturated rings. The van der Waals surface area contributed by atoms with Crippen LogP contribution in [-0.4, -0.2) is 31.3 Å². The number of ether oxygens (including phenoxy) is 1. The van der Waals surface area contributed by atoms with Crippen LogP contribution in [-0.2, 0) is 9.53 Å². The van der Waals surface area contributed by atoms with Crippen LogP contribution < -0.4 is 0 Å². The summed E-state index contributed by atoms with van der Waals surface area (Å²) in [6, 6.07) is 0. The van der Waals surface area contributed by atoms with Crippen molar-refractivity contribution in [2.75, 3.05) is 0 Å². The van der Waals surface area contributed by atoms with E-state index in [0.717, 1.165) is 6.42 Å². The third-order valence-electron chi connectivity index (χ3n) is 2.12. The summed E-state index contributed by atoms with van der Waals surface area (Å²) in [5.41, 5.74) is 0. The number of rotatable bonds is 3. The van der Waals surface area contributed by atoms with Crippen molar-refractivity contribution in [2.45, 2.75) is 32.5 Å². The zero-order chi connectivity index (χ0) is 8.97. The van der Waals surface area contributed by atoms with Crippen molar-refractivity contribution >= 4 is 27.4 Å². The van der Waals surface area contributed by atoms with Crippen molar-refractivity contribution < 1.29 is 9.53 Å². The van der Waals surface area contributed by atoms with E-state index >= 15 is 0 Å². The molecule has 0 aliphatic carbocycles. The minimum absolute atomic E-state index is 0.0161. The van der Waals surface area contributed by atoms with Crippen molar-refractivity contribution in [2.24, 2.45) is 0 Å². The van der Waals surface area contributed by atoms with Crippen LogP contribution in [0.5, 0.6) is 0 Å². The van der Waals surface area contributed by atoms with Gasteiger partial charge in [0.2, 0.25) is 0 Å². The van der Waals surface area contributed by atoms with Gasteiger partial charge in [-0.1, -0.05) is 0 Å². The molecule has 1 atom stereocenters. The van der Waals surface area contributed by atoms with Crippen LogP contribution in [0.2, 0.25) is 8.86 Å². The Morgan fingerprint density at radius 2 is 2.50 bits per heavy atom. The summed E-state index contributed by atoms with van der Waals surface area (Å²) in [4.78, 5) is 11.1. The summed E-state index contributed by atoms with van der Waals surface area (Å²) in [6.45, 7) is 2.00. The predicted molar refractivity (Wildman–Crippen MR) is 50.4 cm³/mol. The van der Waals surface area contributed by atoms with Crippen LogP contribution in [0.1, 0.15) is 19.8 Å². The van der Waals surface area contributed by atoms with E-state index in [-0.39, 0.29) is 9.83 Å². The maximum atomic E-state index is 11.1. The van der Waals surface area contributed by atoms with E-state index in [4.69, 9.17) is 4.74 Å². The van der Waals surface area contributed by atoms with Gasteiger partial charge in [-0.15, -0.1) is 0 Å². The van der Waals surface area contributed by atoms with Gasteiger partial charge in [-0.05, 0) is 0 Å².